The summed E-state index contributed by atoms with van der Waals surface area (Å²) in [7, 11) is 3.68. The molecular formula is C25H27N7O2. The average molecular weight is 458 g/mol. The van der Waals surface area contributed by atoms with E-state index in [1.165, 1.54) is 5.56 Å². The molecule has 5 rings (SSSR count). The number of fused-ring (bicyclic) bond motifs is 2. The number of benzene rings is 1. The molecule has 0 amide bonds. The van der Waals surface area contributed by atoms with E-state index in [1.807, 2.05) is 25.1 Å². The number of nitrogens with zero attached hydrogens (tertiary/aromatic N) is 5. The standard InChI is InChI=1S/C25H27N7O2/c1-25(14-33)13-28-22-17(11-26)8-16(9-18(22)25)19-4-6-27-24(30-19)31-20-10-15-5-7-32(2)12-21(15)29-23(20)34-3/h4,6,8-10,28,33H,5,7,12-14H2,1-3H3,(H,27,30,31)/t25-/m1/s1. The van der Waals surface area contributed by atoms with Gasteiger partial charge in [0, 0.05) is 36.8 Å². The topological polar surface area (TPSA) is 119 Å². The summed E-state index contributed by atoms with van der Waals surface area (Å²) in [5, 5.41) is 26.2. The van der Waals surface area contributed by atoms with Gasteiger partial charge in [0.15, 0.2) is 0 Å². The third-order valence-corrected chi connectivity index (χ3v) is 6.64. The number of anilines is 3. The minimum atomic E-state index is -0.457. The molecule has 0 radical (unpaired) electrons. The number of nitriles is 1. The van der Waals surface area contributed by atoms with Crippen molar-refractivity contribution >= 4 is 17.3 Å². The summed E-state index contributed by atoms with van der Waals surface area (Å²) in [6.45, 7) is 4.32. The molecule has 3 N–H and O–H groups in total. The molecule has 2 aliphatic rings. The molecule has 0 fully saturated rings. The van der Waals surface area contributed by atoms with E-state index < -0.39 is 5.41 Å². The highest BCUT2D eigenvalue weighted by Gasteiger charge is 2.36. The number of hydrogen-bond acceptors (Lipinski definition) is 9. The first-order valence-corrected chi connectivity index (χ1v) is 11.2. The molecule has 2 aliphatic heterocycles. The summed E-state index contributed by atoms with van der Waals surface area (Å²) >= 11 is 0. The summed E-state index contributed by atoms with van der Waals surface area (Å²) in [4.78, 5) is 16.0. The molecule has 3 aromatic rings. The molecule has 9 heteroatoms. The van der Waals surface area contributed by atoms with Crippen molar-refractivity contribution in [3.05, 3.63) is 52.8 Å². The minimum absolute atomic E-state index is 0.0151. The van der Waals surface area contributed by atoms with Crippen molar-refractivity contribution in [2.75, 3.05) is 44.5 Å². The Labute approximate surface area is 198 Å². The van der Waals surface area contributed by atoms with Crippen LogP contribution in [0.2, 0.25) is 0 Å². The molecule has 0 bridgehead atoms. The first kappa shape index (κ1) is 22.1. The molecule has 2 aromatic heterocycles. The second-order valence-corrected chi connectivity index (χ2v) is 9.16. The van der Waals surface area contributed by atoms with Crippen molar-refractivity contribution in [1.29, 1.82) is 5.26 Å². The Morgan fingerprint density at radius 1 is 1.32 bits per heavy atom. The molecule has 9 nitrogen and oxygen atoms in total. The summed E-state index contributed by atoms with van der Waals surface area (Å²) in [6.07, 6.45) is 2.60. The number of methoxy groups -OCH3 is 1. The van der Waals surface area contributed by atoms with Gasteiger partial charge in [0.2, 0.25) is 11.8 Å². The van der Waals surface area contributed by atoms with Crippen LogP contribution in [0, 0.1) is 11.3 Å². The van der Waals surface area contributed by atoms with Crippen molar-refractivity contribution in [2.45, 2.75) is 25.3 Å². The summed E-state index contributed by atoms with van der Waals surface area (Å²) in [6, 6.07) is 9.96. The number of aromatic nitrogens is 3. The first-order chi connectivity index (χ1) is 16.4. The monoisotopic (exact) mass is 457 g/mol. The van der Waals surface area contributed by atoms with Crippen molar-refractivity contribution < 1.29 is 9.84 Å². The van der Waals surface area contributed by atoms with Crippen LogP contribution in [0.3, 0.4) is 0 Å². The van der Waals surface area contributed by atoms with Crippen molar-refractivity contribution in [1.82, 2.24) is 19.9 Å². The zero-order chi connectivity index (χ0) is 23.9. The molecule has 1 atom stereocenters. The molecule has 4 heterocycles. The van der Waals surface area contributed by atoms with Gasteiger partial charge in [-0.25, -0.2) is 15.0 Å². The van der Waals surface area contributed by atoms with E-state index in [4.69, 9.17) is 14.7 Å². The van der Waals surface area contributed by atoms with Crippen LogP contribution in [0.5, 0.6) is 5.88 Å². The molecule has 174 valence electrons. The minimum Gasteiger partial charge on any atom is -0.480 e. The second kappa shape index (κ2) is 8.56. The fraction of sp³-hybridized carbons (Fsp3) is 0.360. The molecule has 0 spiro atoms. The predicted molar refractivity (Wildman–Crippen MR) is 129 cm³/mol. The van der Waals surface area contributed by atoms with E-state index in [0.717, 1.165) is 42.0 Å². The Morgan fingerprint density at radius 2 is 2.18 bits per heavy atom. The van der Waals surface area contributed by atoms with Gasteiger partial charge in [0.05, 0.1) is 36.4 Å². The van der Waals surface area contributed by atoms with Crippen molar-refractivity contribution in [3.8, 4) is 23.2 Å². The number of rotatable bonds is 5. The van der Waals surface area contributed by atoms with Crippen LogP contribution < -0.4 is 15.4 Å². The number of aliphatic hydroxyl groups excluding tert-OH is 1. The van der Waals surface area contributed by atoms with Crippen LogP contribution >= 0.6 is 0 Å². The van der Waals surface area contributed by atoms with E-state index in [0.29, 0.717) is 35.3 Å². The Balaban J connectivity index is 1.50. The van der Waals surface area contributed by atoms with E-state index >= 15 is 0 Å². The average Bonchev–Trinajstić information content (AvgIpc) is 3.20. The molecule has 34 heavy (non-hydrogen) atoms. The van der Waals surface area contributed by atoms with Gasteiger partial charge in [-0.15, -0.1) is 0 Å². The number of likely N-dealkylation sites (N-methyl/N-ethyl adjacent to an activating group) is 1. The van der Waals surface area contributed by atoms with E-state index in [1.54, 1.807) is 13.3 Å². The zero-order valence-electron chi connectivity index (χ0n) is 19.5. The van der Waals surface area contributed by atoms with Gasteiger partial charge in [-0.3, -0.25) is 0 Å². The number of aliphatic hydroxyl groups is 1. The lowest BCUT2D eigenvalue weighted by Crippen LogP contribution is -2.28. The predicted octanol–water partition coefficient (Wildman–Crippen LogP) is 2.83. The molecule has 0 unspecified atom stereocenters. The molecule has 1 aromatic carbocycles. The Morgan fingerprint density at radius 3 is 2.94 bits per heavy atom. The summed E-state index contributed by atoms with van der Waals surface area (Å²) < 4.78 is 5.54. The lowest BCUT2D eigenvalue weighted by atomic mass is 9.83. The van der Waals surface area contributed by atoms with Crippen LogP contribution in [0.15, 0.2) is 30.5 Å². The highest BCUT2D eigenvalue weighted by molar-refractivity contribution is 5.76. The van der Waals surface area contributed by atoms with Crippen LogP contribution in [-0.2, 0) is 18.4 Å². The Hall–Kier alpha value is -3.74. The fourth-order valence-electron chi connectivity index (χ4n) is 4.58. The molecule has 0 saturated carbocycles. The zero-order valence-corrected chi connectivity index (χ0v) is 19.5. The summed E-state index contributed by atoms with van der Waals surface area (Å²) in [5.74, 6) is 0.907. The van der Waals surface area contributed by atoms with Crippen LogP contribution in [0.25, 0.3) is 11.3 Å². The maximum Gasteiger partial charge on any atom is 0.237 e. The van der Waals surface area contributed by atoms with E-state index in [-0.39, 0.29) is 6.61 Å². The molecule has 0 saturated heterocycles. The fourth-order valence-corrected chi connectivity index (χ4v) is 4.58. The number of nitrogens with one attached hydrogen (secondary N) is 2. The van der Waals surface area contributed by atoms with Crippen LogP contribution in [0.1, 0.15) is 29.3 Å². The van der Waals surface area contributed by atoms with Gasteiger partial charge in [0.25, 0.3) is 0 Å². The van der Waals surface area contributed by atoms with Gasteiger partial charge in [-0.1, -0.05) is 6.92 Å². The van der Waals surface area contributed by atoms with Gasteiger partial charge < -0.3 is 25.4 Å². The van der Waals surface area contributed by atoms with Crippen LogP contribution in [-0.4, -0.2) is 58.8 Å². The normalized spacial score (nSPS) is 19.0. The number of pyridine rings is 1. The lowest BCUT2D eigenvalue weighted by molar-refractivity contribution is 0.219. The smallest absolute Gasteiger partial charge is 0.237 e. The van der Waals surface area contributed by atoms with Gasteiger partial charge >= 0.3 is 0 Å². The highest BCUT2D eigenvalue weighted by Crippen LogP contribution is 2.41. The lowest BCUT2D eigenvalue weighted by Gasteiger charge is -2.25. The molecular weight excluding hydrogens is 430 g/mol. The van der Waals surface area contributed by atoms with Gasteiger partial charge in [0.1, 0.15) is 11.8 Å². The quantitative estimate of drug-likeness (QED) is 0.531. The largest absolute Gasteiger partial charge is 0.480 e. The van der Waals surface area contributed by atoms with Gasteiger partial charge in [-0.05, 0) is 48.9 Å². The highest BCUT2D eigenvalue weighted by atomic mass is 16.5. The maximum absolute atomic E-state index is 9.97. The Bertz CT molecular complexity index is 1300. The van der Waals surface area contributed by atoms with Gasteiger partial charge in [-0.2, -0.15) is 5.26 Å². The number of ether oxygens (including phenoxy) is 1. The third kappa shape index (κ3) is 3.81. The Kier molecular flexibility index (Phi) is 5.55. The van der Waals surface area contributed by atoms with E-state index in [9.17, 15) is 10.4 Å². The van der Waals surface area contributed by atoms with E-state index in [2.05, 4.69) is 39.7 Å². The maximum atomic E-state index is 9.97. The third-order valence-electron chi connectivity index (χ3n) is 6.64. The number of hydrogen-bond donors (Lipinski definition) is 3. The first-order valence-electron chi connectivity index (χ1n) is 11.2. The summed E-state index contributed by atoms with van der Waals surface area (Å²) in [5.41, 5.74) is 6.17. The SMILES string of the molecule is COc1nc2c(cc1Nc1nccc(-c3cc(C#N)c4c(c3)[C@@](C)(CO)CN4)n1)CCN(C)C2. The van der Waals surface area contributed by atoms with Crippen molar-refractivity contribution in [2.24, 2.45) is 0 Å². The van der Waals surface area contributed by atoms with Crippen molar-refractivity contribution in [3.63, 3.8) is 0 Å². The molecule has 0 aliphatic carbocycles. The van der Waals surface area contributed by atoms with Crippen LogP contribution in [0.4, 0.5) is 17.3 Å². The second-order valence-electron chi connectivity index (χ2n) is 9.16.